The summed E-state index contributed by atoms with van der Waals surface area (Å²) in [5, 5.41) is 11.2. The number of anilines is 1. The summed E-state index contributed by atoms with van der Waals surface area (Å²) in [6.45, 7) is 3.88. The fourth-order valence-electron chi connectivity index (χ4n) is 3.55. The van der Waals surface area contributed by atoms with E-state index >= 15 is 0 Å². The molecule has 0 unspecified atom stereocenters. The number of imide groups is 2. The first-order chi connectivity index (χ1) is 17.3. The van der Waals surface area contributed by atoms with Gasteiger partial charge in [-0.1, -0.05) is 18.2 Å². The molecule has 10 heteroatoms. The van der Waals surface area contributed by atoms with Crippen molar-refractivity contribution in [1.82, 2.24) is 5.32 Å². The van der Waals surface area contributed by atoms with Crippen molar-refractivity contribution in [2.75, 3.05) is 11.5 Å². The van der Waals surface area contributed by atoms with Crippen LogP contribution in [0.1, 0.15) is 34.4 Å². The predicted molar refractivity (Wildman–Crippen MR) is 128 cm³/mol. The number of hydrogen-bond acceptors (Lipinski definition) is 7. The zero-order valence-corrected chi connectivity index (χ0v) is 19.4. The molecular weight excluding hydrogens is 468 g/mol. The molecule has 1 aromatic heterocycles. The Morgan fingerprint density at radius 3 is 2.56 bits per heavy atom. The number of hydrogen-bond donors (Lipinski definition) is 2. The summed E-state index contributed by atoms with van der Waals surface area (Å²) in [6.07, 6.45) is 1.37. The van der Waals surface area contributed by atoms with Crippen LogP contribution in [-0.4, -0.2) is 35.5 Å². The van der Waals surface area contributed by atoms with E-state index in [-0.39, 0.29) is 17.9 Å². The van der Waals surface area contributed by atoms with Gasteiger partial charge in [0.15, 0.2) is 11.5 Å². The molecule has 1 aliphatic heterocycles. The summed E-state index contributed by atoms with van der Waals surface area (Å²) in [4.78, 5) is 49.9. The summed E-state index contributed by atoms with van der Waals surface area (Å²) in [6, 6.07) is 13.6. The fraction of sp³-hybridized carbons (Fsp3) is 0.154. The molecule has 0 spiro atoms. The van der Waals surface area contributed by atoms with E-state index in [1.807, 2.05) is 13.0 Å². The number of carboxylic acid groups (broad SMARTS) is 1. The van der Waals surface area contributed by atoms with Crippen LogP contribution in [0.2, 0.25) is 0 Å². The summed E-state index contributed by atoms with van der Waals surface area (Å²) >= 11 is 0. The third kappa shape index (κ3) is 5.12. The Bertz CT molecular complexity index is 1390. The van der Waals surface area contributed by atoms with E-state index in [4.69, 9.17) is 19.0 Å². The maximum Gasteiger partial charge on any atom is 0.371 e. The van der Waals surface area contributed by atoms with Crippen molar-refractivity contribution in [3.8, 4) is 11.5 Å². The highest BCUT2D eigenvalue weighted by Gasteiger charge is 2.36. The standard InChI is InChI=1S/C26H22N2O8/c1-3-34-22-13-16(7-9-20(22)35-14-18-8-10-21(36-18)25(31)32)12-19-23(29)27-26(33)28(24(19)30)17-6-4-5-15(2)11-17/h4-13H,3,14H2,1-2H3,(H,31,32)(H,27,29,33). The second kappa shape index (κ2) is 10.2. The molecule has 184 valence electrons. The van der Waals surface area contributed by atoms with Gasteiger partial charge in [-0.3, -0.25) is 14.9 Å². The zero-order valence-electron chi connectivity index (χ0n) is 19.4. The van der Waals surface area contributed by atoms with Gasteiger partial charge in [-0.25, -0.2) is 14.5 Å². The number of furan rings is 1. The first-order valence-electron chi connectivity index (χ1n) is 11.0. The van der Waals surface area contributed by atoms with Crippen molar-refractivity contribution in [2.45, 2.75) is 20.5 Å². The summed E-state index contributed by atoms with van der Waals surface area (Å²) in [5.74, 6) is -1.94. The number of amides is 4. The van der Waals surface area contributed by atoms with E-state index in [9.17, 15) is 19.2 Å². The normalized spacial score (nSPS) is 14.7. The van der Waals surface area contributed by atoms with Gasteiger partial charge in [0.25, 0.3) is 11.8 Å². The Kier molecular flexibility index (Phi) is 6.86. The number of aromatic carboxylic acids is 1. The van der Waals surface area contributed by atoms with Gasteiger partial charge in [0, 0.05) is 0 Å². The molecule has 3 aromatic rings. The fourth-order valence-corrected chi connectivity index (χ4v) is 3.55. The molecule has 36 heavy (non-hydrogen) atoms. The molecule has 4 amide bonds. The summed E-state index contributed by atoms with van der Waals surface area (Å²) < 4.78 is 16.6. The Morgan fingerprint density at radius 2 is 1.86 bits per heavy atom. The van der Waals surface area contributed by atoms with Crippen LogP contribution in [-0.2, 0) is 16.2 Å². The van der Waals surface area contributed by atoms with Gasteiger partial charge in [-0.15, -0.1) is 0 Å². The van der Waals surface area contributed by atoms with Gasteiger partial charge >= 0.3 is 12.0 Å². The van der Waals surface area contributed by atoms with Crippen molar-refractivity contribution >= 4 is 35.6 Å². The average molecular weight is 490 g/mol. The Hall–Kier alpha value is -4.86. The predicted octanol–water partition coefficient (Wildman–Crippen LogP) is 3.93. The number of nitrogens with one attached hydrogen (secondary N) is 1. The molecule has 0 radical (unpaired) electrons. The number of rotatable bonds is 8. The molecule has 0 bridgehead atoms. The molecule has 2 heterocycles. The largest absolute Gasteiger partial charge is 0.490 e. The van der Waals surface area contributed by atoms with E-state index in [0.29, 0.717) is 35.1 Å². The van der Waals surface area contributed by atoms with Crippen LogP contribution in [0.25, 0.3) is 6.08 Å². The number of carbonyl (C=O) groups is 4. The molecule has 0 atom stereocenters. The zero-order chi connectivity index (χ0) is 25.8. The molecular formula is C26H22N2O8. The number of nitrogens with zero attached hydrogens (tertiary/aromatic N) is 1. The number of urea groups is 1. The molecule has 10 nitrogen and oxygen atoms in total. The van der Waals surface area contributed by atoms with Gasteiger partial charge in [0.2, 0.25) is 5.76 Å². The highest BCUT2D eigenvalue weighted by atomic mass is 16.5. The second-order valence-corrected chi connectivity index (χ2v) is 7.80. The van der Waals surface area contributed by atoms with E-state index in [1.165, 1.54) is 18.2 Å². The van der Waals surface area contributed by atoms with Gasteiger partial charge in [0.05, 0.1) is 12.3 Å². The molecule has 1 fully saturated rings. The van der Waals surface area contributed by atoms with Crippen LogP contribution in [0.4, 0.5) is 10.5 Å². The van der Waals surface area contributed by atoms with E-state index < -0.39 is 23.8 Å². The number of carboxylic acids is 1. The molecule has 0 aliphatic carbocycles. The molecule has 2 N–H and O–H groups in total. The van der Waals surface area contributed by atoms with Crippen molar-refractivity contribution in [3.05, 3.63) is 82.8 Å². The minimum absolute atomic E-state index is 0.0394. The van der Waals surface area contributed by atoms with Crippen LogP contribution >= 0.6 is 0 Å². The van der Waals surface area contributed by atoms with Crippen LogP contribution in [0, 0.1) is 6.92 Å². The average Bonchev–Trinajstić information content (AvgIpc) is 3.31. The lowest BCUT2D eigenvalue weighted by Crippen LogP contribution is -2.54. The van der Waals surface area contributed by atoms with Gasteiger partial charge in [0.1, 0.15) is 17.9 Å². The highest BCUT2D eigenvalue weighted by Crippen LogP contribution is 2.31. The smallest absolute Gasteiger partial charge is 0.371 e. The lowest BCUT2D eigenvalue weighted by atomic mass is 10.1. The number of carbonyl (C=O) groups excluding carboxylic acids is 3. The summed E-state index contributed by atoms with van der Waals surface area (Å²) in [5.41, 5.74) is 1.44. The molecule has 4 rings (SSSR count). The number of barbiturate groups is 1. The van der Waals surface area contributed by atoms with Crippen LogP contribution in [0.15, 0.2) is 64.6 Å². The monoisotopic (exact) mass is 490 g/mol. The lowest BCUT2D eigenvalue weighted by molar-refractivity contribution is -0.122. The number of benzene rings is 2. The number of ether oxygens (including phenoxy) is 2. The Balaban J connectivity index is 1.59. The van der Waals surface area contributed by atoms with Crippen LogP contribution in [0.5, 0.6) is 11.5 Å². The minimum Gasteiger partial charge on any atom is -0.490 e. The van der Waals surface area contributed by atoms with E-state index in [2.05, 4.69) is 5.32 Å². The summed E-state index contributed by atoms with van der Waals surface area (Å²) in [7, 11) is 0. The Labute approximate surface area is 205 Å². The minimum atomic E-state index is -1.18. The van der Waals surface area contributed by atoms with Gasteiger partial charge in [-0.2, -0.15) is 0 Å². The van der Waals surface area contributed by atoms with Crippen molar-refractivity contribution < 1.29 is 38.2 Å². The lowest BCUT2D eigenvalue weighted by Gasteiger charge is -2.26. The SMILES string of the molecule is CCOc1cc(C=C2C(=O)NC(=O)N(c3cccc(C)c3)C2=O)ccc1OCc1ccc(C(=O)O)o1. The highest BCUT2D eigenvalue weighted by molar-refractivity contribution is 6.39. The van der Waals surface area contributed by atoms with E-state index in [1.54, 1.807) is 43.3 Å². The van der Waals surface area contributed by atoms with E-state index in [0.717, 1.165) is 10.5 Å². The van der Waals surface area contributed by atoms with Crippen molar-refractivity contribution in [1.29, 1.82) is 0 Å². The quantitative estimate of drug-likeness (QED) is 0.358. The van der Waals surface area contributed by atoms with Crippen LogP contribution in [0.3, 0.4) is 0 Å². The third-order valence-corrected chi connectivity index (χ3v) is 5.18. The molecule has 1 aliphatic rings. The van der Waals surface area contributed by atoms with Gasteiger partial charge in [-0.05, 0) is 67.4 Å². The van der Waals surface area contributed by atoms with Crippen molar-refractivity contribution in [3.63, 3.8) is 0 Å². The molecule has 0 saturated carbocycles. The number of aryl methyl sites for hydroxylation is 1. The second-order valence-electron chi connectivity index (χ2n) is 7.80. The first-order valence-corrected chi connectivity index (χ1v) is 11.0. The maximum atomic E-state index is 13.1. The van der Waals surface area contributed by atoms with Gasteiger partial charge < -0.3 is 19.0 Å². The topological polar surface area (TPSA) is 135 Å². The van der Waals surface area contributed by atoms with Crippen LogP contribution < -0.4 is 19.7 Å². The maximum absolute atomic E-state index is 13.1. The molecule has 2 aromatic carbocycles. The third-order valence-electron chi connectivity index (χ3n) is 5.18. The van der Waals surface area contributed by atoms with Crippen molar-refractivity contribution in [2.24, 2.45) is 0 Å². The first kappa shape index (κ1) is 24.3. The molecule has 1 saturated heterocycles. The Morgan fingerprint density at radius 1 is 1.06 bits per heavy atom.